The minimum atomic E-state index is -0.247. The molecule has 0 unspecified atom stereocenters. The molecular formula is C16H16FNO. The minimum absolute atomic E-state index is 0.247. The molecule has 0 radical (unpaired) electrons. The number of hydrogen-bond acceptors (Lipinski definition) is 1. The SMILES string of the molecule is CCCCn1c(O)c2cccc-2c2cc(F)ccc21. The smallest absolute Gasteiger partial charge is 0.199 e. The number of hydrogen-bond donors (Lipinski definition) is 1. The van der Waals surface area contributed by atoms with Gasteiger partial charge < -0.3 is 9.67 Å². The molecule has 0 amide bonds. The fourth-order valence-electron chi connectivity index (χ4n) is 2.61. The average Bonchev–Trinajstić information content (AvgIpc) is 2.89. The number of aromatic nitrogens is 1. The second kappa shape index (κ2) is 4.57. The fraction of sp³-hybridized carbons (Fsp3) is 0.250. The first-order chi connectivity index (χ1) is 9.22. The zero-order valence-corrected chi connectivity index (χ0v) is 10.9. The third kappa shape index (κ3) is 1.86. The first-order valence-corrected chi connectivity index (χ1v) is 6.62. The predicted octanol–water partition coefficient (Wildman–Crippen LogP) is 4.39. The van der Waals surface area contributed by atoms with Crippen molar-refractivity contribution >= 4 is 10.9 Å². The summed E-state index contributed by atoms with van der Waals surface area (Å²) >= 11 is 0. The van der Waals surface area contributed by atoms with Crippen molar-refractivity contribution < 1.29 is 9.50 Å². The van der Waals surface area contributed by atoms with Gasteiger partial charge in [-0.2, -0.15) is 0 Å². The van der Waals surface area contributed by atoms with Crippen LogP contribution in [-0.2, 0) is 6.54 Å². The van der Waals surface area contributed by atoms with Crippen LogP contribution in [0.5, 0.6) is 5.88 Å². The number of rotatable bonds is 3. The summed E-state index contributed by atoms with van der Waals surface area (Å²) < 4.78 is 15.4. The third-order valence-electron chi connectivity index (χ3n) is 3.59. The van der Waals surface area contributed by atoms with E-state index >= 15 is 0 Å². The molecule has 3 heteroatoms. The maximum absolute atomic E-state index is 13.5. The number of halogens is 1. The lowest BCUT2D eigenvalue weighted by molar-refractivity contribution is 0.415. The molecule has 0 spiro atoms. The lowest BCUT2D eigenvalue weighted by atomic mass is 10.0. The molecule has 1 heterocycles. The van der Waals surface area contributed by atoms with E-state index < -0.39 is 0 Å². The van der Waals surface area contributed by atoms with Gasteiger partial charge in [-0.3, -0.25) is 0 Å². The monoisotopic (exact) mass is 257 g/mol. The zero-order chi connectivity index (χ0) is 13.4. The molecule has 98 valence electrons. The Morgan fingerprint density at radius 2 is 1.95 bits per heavy atom. The molecule has 1 aromatic carbocycles. The first kappa shape index (κ1) is 12.0. The molecule has 0 bridgehead atoms. The van der Waals surface area contributed by atoms with Crippen LogP contribution in [0.4, 0.5) is 4.39 Å². The highest BCUT2D eigenvalue weighted by atomic mass is 19.1. The van der Waals surface area contributed by atoms with Gasteiger partial charge in [-0.1, -0.05) is 25.5 Å². The van der Waals surface area contributed by atoms with Crippen molar-refractivity contribution in [3.05, 3.63) is 42.2 Å². The summed E-state index contributed by atoms with van der Waals surface area (Å²) in [6.07, 6.45) is 2.03. The van der Waals surface area contributed by atoms with Gasteiger partial charge in [0.1, 0.15) is 5.82 Å². The quantitative estimate of drug-likeness (QED) is 0.739. The highest BCUT2D eigenvalue weighted by molar-refractivity contribution is 5.98. The van der Waals surface area contributed by atoms with Crippen molar-refractivity contribution in [3.63, 3.8) is 0 Å². The Morgan fingerprint density at radius 1 is 1.16 bits per heavy atom. The number of aromatic hydroxyl groups is 1. The highest BCUT2D eigenvalue weighted by Crippen LogP contribution is 2.39. The van der Waals surface area contributed by atoms with Gasteiger partial charge in [0.2, 0.25) is 0 Å². The molecule has 1 aliphatic carbocycles. The maximum atomic E-state index is 13.5. The van der Waals surface area contributed by atoms with Gasteiger partial charge in [-0.15, -0.1) is 0 Å². The Morgan fingerprint density at radius 3 is 2.74 bits per heavy atom. The molecule has 2 nitrogen and oxygen atoms in total. The molecule has 1 N–H and O–H groups in total. The van der Waals surface area contributed by atoms with E-state index in [9.17, 15) is 9.50 Å². The number of fused-ring (bicyclic) bond motifs is 3. The Labute approximate surface area is 111 Å². The zero-order valence-electron chi connectivity index (χ0n) is 10.9. The highest BCUT2D eigenvalue weighted by Gasteiger charge is 2.17. The molecule has 0 atom stereocenters. The van der Waals surface area contributed by atoms with E-state index in [0.29, 0.717) is 0 Å². The van der Waals surface area contributed by atoms with Crippen molar-refractivity contribution in [2.75, 3.05) is 0 Å². The van der Waals surface area contributed by atoms with E-state index in [1.165, 1.54) is 6.07 Å². The van der Waals surface area contributed by atoms with E-state index in [1.54, 1.807) is 12.1 Å². The van der Waals surface area contributed by atoms with Crippen LogP contribution in [0.25, 0.3) is 22.0 Å². The van der Waals surface area contributed by atoms with Crippen molar-refractivity contribution in [2.45, 2.75) is 26.3 Å². The number of nitrogens with zero attached hydrogens (tertiary/aromatic N) is 1. The normalized spacial score (nSPS) is 11.5. The van der Waals surface area contributed by atoms with Gasteiger partial charge in [0, 0.05) is 17.5 Å². The molecule has 2 aliphatic rings. The van der Waals surface area contributed by atoms with E-state index in [1.807, 2.05) is 22.8 Å². The van der Waals surface area contributed by atoms with E-state index in [0.717, 1.165) is 41.4 Å². The van der Waals surface area contributed by atoms with Gasteiger partial charge in [-0.05, 0) is 36.2 Å². The van der Waals surface area contributed by atoms with Crippen LogP contribution in [0.1, 0.15) is 19.8 Å². The van der Waals surface area contributed by atoms with Gasteiger partial charge in [-0.25, -0.2) is 4.39 Å². The van der Waals surface area contributed by atoms with Crippen LogP contribution in [0.15, 0.2) is 36.4 Å². The van der Waals surface area contributed by atoms with E-state index in [-0.39, 0.29) is 11.7 Å². The first-order valence-electron chi connectivity index (χ1n) is 6.62. The largest absolute Gasteiger partial charge is 0.494 e. The fourth-order valence-corrected chi connectivity index (χ4v) is 2.61. The van der Waals surface area contributed by atoms with E-state index in [2.05, 4.69) is 6.92 Å². The summed E-state index contributed by atoms with van der Waals surface area (Å²) in [7, 11) is 0. The Kier molecular flexibility index (Phi) is 2.90. The van der Waals surface area contributed by atoms with Crippen LogP contribution < -0.4 is 0 Å². The molecule has 0 aromatic heterocycles. The van der Waals surface area contributed by atoms with Crippen LogP contribution in [0.3, 0.4) is 0 Å². The van der Waals surface area contributed by atoms with Crippen LogP contribution >= 0.6 is 0 Å². The van der Waals surface area contributed by atoms with Crippen LogP contribution in [0, 0.1) is 5.82 Å². The van der Waals surface area contributed by atoms with Crippen molar-refractivity contribution in [2.24, 2.45) is 0 Å². The number of aryl methyl sites for hydroxylation is 1. The molecule has 19 heavy (non-hydrogen) atoms. The van der Waals surface area contributed by atoms with Gasteiger partial charge in [0.15, 0.2) is 5.88 Å². The molecule has 0 saturated heterocycles. The topological polar surface area (TPSA) is 25.2 Å². The van der Waals surface area contributed by atoms with Crippen LogP contribution in [0.2, 0.25) is 0 Å². The Bertz CT molecular complexity index is 702. The summed E-state index contributed by atoms with van der Waals surface area (Å²) in [6.45, 7) is 2.85. The predicted molar refractivity (Wildman–Crippen MR) is 75.1 cm³/mol. The number of benzene rings is 1. The summed E-state index contributed by atoms with van der Waals surface area (Å²) in [4.78, 5) is 0. The van der Waals surface area contributed by atoms with E-state index in [4.69, 9.17) is 0 Å². The van der Waals surface area contributed by atoms with Gasteiger partial charge in [0.25, 0.3) is 0 Å². The summed E-state index contributed by atoms with van der Waals surface area (Å²) in [5.74, 6) is 0.0234. The van der Waals surface area contributed by atoms with Crippen molar-refractivity contribution in [1.82, 2.24) is 4.57 Å². The Hall–Kier alpha value is -2.03. The second-order valence-corrected chi connectivity index (χ2v) is 4.84. The lowest BCUT2D eigenvalue weighted by Crippen LogP contribution is -2.03. The van der Waals surface area contributed by atoms with Crippen LogP contribution in [-0.4, -0.2) is 9.67 Å². The lowest BCUT2D eigenvalue weighted by Gasteiger charge is -2.18. The molecule has 1 aliphatic heterocycles. The van der Waals surface area contributed by atoms with Gasteiger partial charge >= 0.3 is 0 Å². The second-order valence-electron chi connectivity index (χ2n) is 4.84. The molecule has 1 aromatic rings. The minimum Gasteiger partial charge on any atom is -0.494 e. The van der Waals surface area contributed by atoms with Crippen molar-refractivity contribution in [3.8, 4) is 17.0 Å². The summed E-state index contributed by atoms with van der Waals surface area (Å²) in [5, 5.41) is 11.3. The average molecular weight is 257 g/mol. The summed E-state index contributed by atoms with van der Waals surface area (Å²) in [6, 6.07) is 10.4. The molecule has 3 rings (SSSR count). The van der Waals surface area contributed by atoms with Gasteiger partial charge in [0.05, 0.1) is 5.52 Å². The number of unbranched alkanes of at least 4 members (excludes halogenated alkanes) is 1. The standard InChI is InChI=1S/C16H16FNO/c1-2-3-9-18-15-8-7-11(17)10-14(15)12-5-4-6-13(12)16(18)19/h4-8,10,19H,2-3,9H2,1H3. The maximum Gasteiger partial charge on any atom is 0.199 e. The molecule has 0 fully saturated rings. The molecule has 0 saturated carbocycles. The van der Waals surface area contributed by atoms with Crippen molar-refractivity contribution in [1.29, 1.82) is 0 Å². The third-order valence-corrected chi connectivity index (χ3v) is 3.59. The summed E-state index contributed by atoms with van der Waals surface area (Å²) in [5.41, 5.74) is 2.57. The molecular weight excluding hydrogens is 241 g/mol. The Balaban J connectivity index is 2.36. The number of pyridine rings is 1.